The van der Waals surface area contributed by atoms with Gasteiger partial charge in [0, 0.05) is 11.9 Å². The van der Waals surface area contributed by atoms with Crippen molar-refractivity contribution in [2.24, 2.45) is 0 Å². The summed E-state index contributed by atoms with van der Waals surface area (Å²) in [4.78, 5) is 23.0. The van der Waals surface area contributed by atoms with E-state index in [9.17, 15) is 4.79 Å². The van der Waals surface area contributed by atoms with Gasteiger partial charge in [-0.25, -0.2) is 4.98 Å². The molecule has 0 aliphatic heterocycles. The number of hydrogen-bond acceptors (Lipinski definition) is 4. The molecule has 23 heavy (non-hydrogen) atoms. The lowest BCUT2D eigenvalue weighted by molar-refractivity contribution is -0.130. The maximum absolute atomic E-state index is 12.7. The van der Waals surface area contributed by atoms with Gasteiger partial charge in [-0.15, -0.1) is 6.42 Å². The lowest BCUT2D eigenvalue weighted by Gasteiger charge is -2.23. The Hall–Kier alpha value is -2.32. The number of terminal acetylenes is 1. The van der Waals surface area contributed by atoms with Gasteiger partial charge in [0.1, 0.15) is 0 Å². The molecule has 0 saturated heterocycles. The summed E-state index contributed by atoms with van der Waals surface area (Å²) in [5.41, 5.74) is 1.76. The number of rotatable bonds is 6. The Morgan fingerprint density at radius 1 is 1.35 bits per heavy atom. The Balaban J connectivity index is 2.07. The van der Waals surface area contributed by atoms with Crippen molar-refractivity contribution < 1.29 is 4.79 Å². The molecule has 0 aromatic carbocycles. The molecule has 1 atom stereocenters. The zero-order valence-corrected chi connectivity index (χ0v) is 14.1. The van der Waals surface area contributed by atoms with Crippen LogP contribution in [0.3, 0.4) is 0 Å². The first-order chi connectivity index (χ1) is 11.1. The molecule has 0 unspecified atom stereocenters. The van der Waals surface area contributed by atoms with E-state index < -0.39 is 0 Å². The molecule has 0 aliphatic carbocycles. The van der Waals surface area contributed by atoms with Crippen LogP contribution in [-0.4, -0.2) is 32.6 Å². The number of aryl methyl sites for hydroxylation is 1. The minimum atomic E-state index is -0.261. The highest BCUT2D eigenvalue weighted by Gasteiger charge is 2.22. The molecule has 4 nitrogen and oxygen atoms in total. The Morgan fingerprint density at radius 3 is 2.83 bits per heavy atom. The fourth-order valence-corrected chi connectivity index (χ4v) is 3.00. The molecule has 0 spiro atoms. The van der Waals surface area contributed by atoms with Crippen LogP contribution in [0.15, 0.2) is 47.6 Å². The number of aromatic nitrogens is 2. The number of nitrogens with zero attached hydrogens (tertiary/aromatic N) is 3. The number of pyridine rings is 2. The van der Waals surface area contributed by atoms with Gasteiger partial charge in [0.2, 0.25) is 5.91 Å². The van der Waals surface area contributed by atoms with E-state index in [0.717, 1.165) is 16.4 Å². The van der Waals surface area contributed by atoms with E-state index in [1.54, 1.807) is 11.1 Å². The minimum Gasteiger partial charge on any atom is -0.325 e. The van der Waals surface area contributed by atoms with Crippen LogP contribution in [0.1, 0.15) is 18.3 Å². The second-order valence-corrected chi connectivity index (χ2v) is 6.46. The van der Waals surface area contributed by atoms with Crippen LogP contribution in [0, 0.1) is 19.3 Å². The van der Waals surface area contributed by atoms with Gasteiger partial charge in [-0.2, -0.15) is 0 Å². The Labute approximate surface area is 141 Å². The van der Waals surface area contributed by atoms with Gasteiger partial charge >= 0.3 is 0 Å². The van der Waals surface area contributed by atoms with Crippen LogP contribution in [-0.2, 0) is 11.3 Å². The van der Waals surface area contributed by atoms with Crippen LogP contribution in [0.5, 0.6) is 0 Å². The summed E-state index contributed by atoms with van der Waals surface area (Å²) in [5, 5.41) is 0.561. The molecule has 0 saturated carbocycles. The second-order valence-electron chi connectivity index (χ2n) is 5.10. The first-order valence-electron chi connectivity index (χ1n) is 7.32. The topological polar surface area (TPSA) is 46.1 Å². The zero-order valence-electron chi connectivity index (χ0n) is 13.3. The summed E-state index contributed by atoms with van der Waals surface area (Å²) >= 11 is 1.43. The molecule has 2 aromatic heterocycles. The van der Waals surface area contributed by atoms with E-state index in [4.69, 9.17) is 6.42 Å². The molecule has 2 heterocycles. The fraction of sp³-hybridized carbons (Fsp3) is 0.278. The summed E-state index contributed by atoms with van der Waals surface area (Å²) in [6.07, 6.45) is 7.14. The molecule has 0 radical (unpaired) electrons. The van der Waals surface area contributed by atoms with E-state index >= 15 is 0 Å². The Bertz CT molecular complexity index is 697. The number of carbonyl (C=O) groups excluding carboxylic acids is 1. The molecule has 0 bridgehead atoms. The number of carbonyl (C=O) groups is 1. The van der Waals surface area contributed by atoms with Crippen molar-refractivity contribution in [2.75, 3.05) is 6.54 Å². The lowest BCUT2D eigenvalue weighted by Crippen LogP contribution is -2.36. The van der Waals surface area contributed by atoms with Crippen molar-refractivity contribution in [1.82, 2.24) is 14.9 Å². The standard InChI is InChI=1S/C18H19N3OS/c1-4-12-21(13-16-9-7-8-14(2)20-16)18(22)15(3)23-17-10-5-6-11-19-17/h1,5-11,15H,12-13H2,2-3H3/t15-/m1/s1. The van der Waals surface area contributed by atoms with Crippen LogP contribution in [0.2, 0.25) is 0 Å². The second kappa shape index (κ2) is 8.35. The fourth-order valence-electron chi connectivity index (χ4n) is 2.11. The summed E-state index contributed by atoms with van der Waals surface area (Å²) in [6.45, 7) is 4.48. The maximum atomic E-state index is 12.7. The van der Waals surface area contributed by atoms with E-state index in [-0.39, 0.29) is 17.7 Å². The monoisotopic (exact) mass is 325 g/mol. The van der Waals surface area contributed by atoms with Gasteiger partial charge < -0.3 is 4.90 Å². The Kier molecular flexibility index (Phi) is 6.19. The van der Waals surface area contributed by atoms with Crippen molar-refractivity contribution in [3.05, 3.63) is 54.0 Å². The average molecular weight is 325 g/mol. The molecule has 0 fully saturated rings. The van der Waals surface area contributed by atoms with Crippen molar-refractivity contribution >= 4 is 17.7 Å². The van der Waals surface area contributed by atoms with Crippen molar-refractivity contribution in [3.63, 3.8) is 0 Å². The first kappa shape index (κ1) is 17.0. The SMILES string of the molecule is C#CCN(Cc1cccc(C)n1)C(=O)[C@@H](C)Sc1ccccn1. The van der Waals surface area contributed by atoms with Gasteiger partial charge in [-0.1, -0.05) is 29.8 Å². The average Bonchev–Trinajstić information content (AvgIpc) is 2.55. The molecule has 2 aromatic rings. The predicted octanol–water partition coefficient (Wildman–Crippen LogP) is 2.93. The molecule has 0 N–H and O–H groups in total. The van der Waals surface area contributed by atoms with Crippen LogP contribution >= 0.6 is 11.8 Å². The summed E-state index contributed by atoms with van der Waals surface area (Å²) in [7, 11) is 0. The zero-order chi connectivity index (χ0) is 16.7. The first-order valence-corrected chi connectivity index (χ1v) is 8.20. The van der Waals surface area contributed by atoms with E-state index in [2.05, 4.69) is 15.9 Å². The van der Waals surface area contributed by atoms with Gasteiger partial charge in [0.25, 0.3) is 0 Å². The summed E-state index contributed by atoms with van der Waals surface area (Å²) in [6, 6.07) is 11.4. The lowest BCUT2D eigenvalue weighted by atomic mass is 10.2. The predicted molar refractivity (Wildman–Crippen MR) is 92.8 cm³/mol. The Morgan fingerprint density at radius 2 is 2.17 bits per heavy atom. The minimum absolute atomic E-state index is 0.0121. The van der Waals surface area contributed by atoms with Crippen LogP contribution in [0.25, 0.3) is 0 Å². The van der Waals surface area contributed by atoms with Crippen molar-refractivity contribution in [3.8, 4) is 12.3 Å². The molecule has 0 aliphatic rings. The highest BCUT2D eigenvalue weighted by molar-refractivity contribution is 8.00. The molecular formula is C18H19N3OS. The third-order valence-electron chi connectivity index (χ3n) is 3.18. The van der Waals surface area contributed by atoms with Gasteiger partial charge in [0.05, 0.1) is 29.1 Å². The molecule has 1 amide bonds. The summed E-state index contributed by atoms with van der Waals surface area (Å²) in [5.74, 6) is 2.54. The largest absolute Gasteiger partial charge is 0.325 e. The van der Waals surface area contributed by atoms with E-state index in [1.807, 2.05) is 50.2 Å². The number of thioether (sulfide) groups is 1. The molecular weight excluding hydrogens is 306 g/mol. The highest BCUT2D eigenvalue weighted by atomic mass is 32.2. The van der Waals surface area contributed by atoms with Gasteiger partial charge in [-0.3, -0.25) is 9.78 Å². The third kappa shape index (κ3) is 5.11. The third-order valence-corrected chi connectivity index (χ3v) is 4.21. The summed E-state index contributed by atoms with van der Waals surface area (Å²) < 4.78 is 0. The number of hydrogen-bond donors (Lipinski definition) is 0. The highest BCUT2D eigenvalue weighted by Crippen LogP contribution is 2.22. The molecule has 5 heteroatoms. The van der Waals surface area contributed by atoms with Gasteiger partial charge in [-0.05, 0) is 38.1 Å². The molecule has 2 rings (SSSR count). The normalized spacial score (nSPS) is 11.5. The van der Waals surface area contributed by atoms with Crippen molar-refractivity contribution in [2.45, 2.75) is 30.7 Å². The van der Waals surface area contributed by atoms with E-state index in [0.29, 0.717) is 6.54 Å². The van der Waals surface area contributed by atoms with Crippen molar-refractivity contribution in [1.29, 1.82) is 0 Å². The number of amides is 1. The van der Waals surface area contributed by atoms with E-state index in [1.165, 1.54) is 11.8 Å². The maximum Gasteiger partial charge on any atom is 0.236 e. The smallest absolute Gasteiger partial charge is 0.236 e. The van der Waals surface area contributed by atoms with Crippen LogP contribution in [0.4, 0.5) is 0 Å². The van der Waals surface area contributed by atoms with Gasteiger partial charge in [0.15, 0.2) is 0 Å². The molecule has 118 valence electrons. The quantitative estimate of drug-likeness (QED) is 0.605. The van der Waals surface area contributed by atoms with Crippen LogP contribution < -0.4 is 0 Å².